The molecule has 1 amide bonds. The largest absolute Gasteiger partial charge is 0.478 e. The molecule has 2 N–H and O–H groups in total. The van der Waals surface area contributed by atoms with Crippen molar-refractivity contribution in [3.8, 4) is 0 Å². The molecule has 0 aliphatic rings. The Morgan fingerprint density at radius 1 is 1.10 bits per heavy atom. The molecule has 0 spiro atoms. The lowest BCUT2D eigenvalue weighted by molar-refractivity contribution is 0.0697. The molecule has 7 heteroatoms. The van der Waals surface area contributed by atoms with Crippen molar-refractivity contribution < 1.29 is 23.5 Å². The quantitative estimate of drug-likeness (QED) is 0.771. The van der Waals surface area contributed by atoms with Crippen LogP contribution in [0.1, 0.15) is 20.7 Å². The Morgan fingerprint density at radius 3 is 2.43 bits per heavy atom. The SMILES string of the molecule is O=C(Nc1c(F)cccc1C(=O)O)c1ccc(F)cc1I. The Kier molecular flexibility index (Phi) is 4.51. The molecule has 0 atom stereocenters. The summed E-state index contributed by atoms with van der Waals surface area (Å²) in [4.78, 5) is 23.1. The van der Waals surface area contributed by atoms with Gasteiger partial charge in [-0.1, -0.05) is 6.07 Å². The highest BCUT2D eigenvalue weighted by atomic mass is 127. The number of carbonyl (C=O) groups is 2. The fraction of sp³-hybridized carbons (Fsp3) is 0. The number of rotatable bonds is 3. The smallest absolute Gasteiger partial charge is 0.337 e. The van der Waals surface area contributed by atoms with Crippen molar-refractivity contribution in [1.82, 2.24) is 0 Å². The molecule has 0 aromatic heterocycles. The monoisotopic (exact) mass is 403 g/mol. The first-order chi connectivity index (χ1) is 9.90. The van der Waals surface area contributed by atoms with E-state index in [9.17, 15) is 18.4 Å². The van der Waals surface area contributed by atoms with Crippen molar-refractivity contribution in [2.24, 2.45) is 0 Å². The summed E-state index contributed by atoms with van der Waals surface area (Å²) in [6.07, 6.45) is 0. The van der Waals surface area contributed by atoms with Crippen molar-refractivity contribution in [3.05, 3.63) is 62.7 Å². The van der Waals surface area contributed by atoms with Crippen LogP contribution in [0.4, 0.5) is 14.5 Å². The summed E-state index contributed by atoms with van der Waals surface area (Å²) in [6, 6.07) is 6.93. The number of nitrogens with one attached hydrogen (secondary N) is 1. The second-order valence-corrected chi connectivity index (χ2v) is 5.21. The second kappa shape index (κ2) is 6.17. The van der Waals surface area contributed by atoms with E-state index in [0.29, 0.717) is 3.57 Å². The van der Waals surface area contributed by atoms with Gasteiger partial charge >= 0.3 is 5.97 Å². The molecule has 0 aliphatic carbocycles. The molecule has 108 valence electrons. The second-order valence-electron chi connectivity index (χ2n) is 4.05. The molecular formula is C14H8F2INO3. The van der Waals surface area contributed by atoms with Crippen molar-refractivity contribution in [3.63, 3.8) is 0 Å². The topological polar surface area (TPSA) is 66.4 Å². The minimum absolute atomic E-state index is 0.122. The molecule has 0 saturated carbocycles. The third-order valence-electron chi connectivity index (χ3n) is 2.66. The number of hydrogen-bond donors (Lipinski definition) is 2. The molecule has 21 heavy (non-hydrogen) atoms. The van der Waals surface area contributed by atoms with Gasteiger partial charge in [-0.3, -0.25) is 4.79 Å². The van der Waals surface area contributed by atoms with Gasteiger partial charge in [-0.05, 0) is 52.9 Å². The first-order valence-corrected chi connectivity index (χ1v) is 6.76. The lowest BCUT2D eigenvalue weighted by Crippen LogP contribution is -2.17. The number of halogens is 3. The molecule has 0 bridgehead atoms. The van der Waals surface area contributed by atoms with Gasteiger partial charge < -0.3 is 10.4 Å². The summed E-state index contributed by atoms with van der Waals surface area (Å²) in [5.74, 6) is -3.45. The average molecular weight is 403 g/mol. The fourth-order valence-corrected chi connectivity index (χ4v) is 2.41. The average Bonchev–Trinajstić information content (AvgIpc) is 2.40. The zero-order valence-electron chi connectivity index (χ0n) is 10.4. The van der Waals surface area contributed by atoms with Crippen molar-refractivity contribution in [2.75, 3.05) is 5.32 Å². The molecule has 2 rings (SSSR count). The van der Waals surface area contributed by atoms with E-state index in [2.05, 4.69) is 5.32 Å². The zero-order chi connectivity index (χ0) is 15.6. The van der Waals surface area contributed by atoms with Crippen LogP contribution in [0.3, 0.4) is 0 Å². The highest BCUT2D eigenvalue weighted by Gasteiger charge is 2.18. The third-order valence-corrected chi connectivity index (χ3v) is 3.55. The minimum atomic E-state index is -1.36. The van der Waals surface area contributed by atoms with E-state index in [-0.39, 0.29) is 11.1 Å². The Morgan fingerprint density at radius 2 is 1.81 bits per heavy atom. The Hall–Kier alpha value is -2.03. The van der Waals surface area contributed by atoms with Crippen molar-refractivity contribution >= 4 is 40.2 Å². The van der Waals surface area contributed by atoms with E-state index in [4.69, 9.17) is 5.11 Å². The van der Waals surface area contributed by atoms with Gasteiger partial charge in [0.1, 0.15) is 11.6 Å². The molecule has 0 saturated heterocycles. The van der Waals surface area contributed by atoms with Crippen LogP contribution in [-0.2, 0) is 0 Å². The van der Waals surface area contributed by atoms with Crippen LogP contribution >= 0.6 is 22.6 Å². The third kappa shape index (κ3) is 3.35. The van der Waals surface area contributed by atoms with Gasteiger partial charge in [-0.2, -0.15) is 0 Å². The van der Waals surface area contributed by atoms with Crippen LogP contribution in [0, 0.1) is 15.2 Å². The molecule has 0 heterocycles. The maximum absolute atomic E-state index is 13.7. The maximum Gasteiger partial charge on any atom is 0.337 e. The number of carbonyl (C=O) groups excluding carboxylic acids is 1. The number of aromatic carboxylic acids is 1. The van der Waals surface area contributed by atoms with E-state index in [1.807, 2.05) is 0 Å². The lowest BCUT2D eigenvalue weighted by atomic mass is 10.1. The van der Waals surface area contributed by atoms with Gasteiger partial charge in [-0.15, -0.1) is 0 Å². The van der Waals surface area contributed by atoms with Crippen LogP contribution in [0.25, 0.3) is 0 Å². The standard InChI is InChI=1S/C14H8F2INO3/c15-7-4-5-8(11(17)6-7)13(19)18-12-9(14(20)21)2-1-3-10(12)16/h1-6H,(H,18,19)(H,20,21). The van der Waals surface area contributed by atoms with E-state index >= 15 is 0 Å². The van der Waals surface area contributed by atoms with Gasteiger partial charge in [-0.25, -0.2) is 13.6 Å². The summed E-state index contributed by atoms with van der Waals surface area (Å²) in [5, 5.41) is 11.2. The van der Waals surface area contributed by atoms with Crippen LogP contribution in [0.5, 0.6) is 0 Å². The minimum Gasteiger partial charge on any atom is -0.478 e. The fourth-order valence-electron chi connectivity index (χ4n) is 1.68. The van der Waals surface area contributed by atoms with E-state index in [1.165, 1.54) is 18.2 Å². The highest BCUT2D eigenvalue weighted by molar-refractivity contribution is 14.1. The number of amides is 1. The molecule has 2 aromatic carbocycles. The highest BCUT2D eigenvalue weighted by Crippen LogP contribution is 2.22. The van der Waals surface area contributed by atoms with Gasteiger partial charge in [0.05, 0.1) is 16.8 Å². The van der Waals surface area contributed by atoms with Gasteiger partial charge in [0, 0.05) is 3.57 Å². The van der Waals surface area contributed by atoms with Gasteiger partial charge in [0.25, 0.3) is 5.91 Å². The summed E-state index contributed by atoms with van der Waals surface area (Å²) in [7, 11) is 0. The zero-order valence-corrected chi connectivity index (χ0v) is 12.5. The van der Waals surface area contributed by atoms with Gasteiger partial charge in [0.15, 0.2) is 0 Å². The predicted octanol–water partition coefficient (Wildman–Crippen LogP) is 3.52. The van der Waals surface area contributed by atoms with Gasteiger partial charge in [0.2, 0.25) is 0 Å². The number of benzene rings is 2. The van der Waals surface area contributed by atoms with E-state index in [1.54, 1.807) is 22.6 Å². The van der Waals surface area contributed by atoms with E-state index in [0.717, 1.165) is 18.2 Å². The first-order valence-electron chi connectivity index (χ1n) is 5.68. The van der Waals surface area contributed by atoms with Crippen LogP contribution < -0.4 is 5.32 Å². The Labute approximate surface area is 131 Å². The number of para-hydroxylation sites is 1. The van der Waals surface area contributed by atoms with E-state index < -0.39 is 29.2 Å². The molecule has 0 unspecified atom stereocenters. The maximum atomic E-state index is 13.7. The number of carboxylic acids is 1. The summed E-state index contributed by atoms with van der Waals surface area (Å²) >= 11 is 1.76. The molecule has 2 aromatic rings. The molecule has 0 fully saturated rings. The Bertz CT molecular complexity index is 734. The predicted molar refractivity (Wildman–Crippen MR) is 80.4 cm³/mol. The number of hydrogen-bond acceptors (Lipinski definition) is 2. The molecule has 0 aliphatic heterocycles. The number of carboxylic acid groups (broad SMARTS) is 1. The molecular weight excluding hydrogens is 395 g/mol. The normalized spacial score (nSPS) is 10.2. The first kappa shape index (κ1) is 15.4. The molecule has 4 nitrogen and oxygen atoms in total. The molecule has 0 radical (unpaired) electrons. The summed E-state index contributed by atoms with van der Waals surface area (Å²) < 4.78 is 27.0. The Balaban J connectivity index is 2.38. The summed E-state index contributed by atoms with van der Waals surface area (Å²) in [5.41, 5.74) is -0.660. The van der Waals surface area contributed by atoms with Crippen molar-refractivity contribution in [2.45, 2.75) is 0 Å². The summed E-state index contributed by atoms with van der Waals surface area (Å²) in [6.45, 7) is 0. The lowest BCUT2D eigenvalue weighted by Gasteiger charge is -2.10. The van der Waals surface area contributed by atoms with Crippen LogP contribution in [0.2, 0.25) is 0 Å². The van der Waals surface area contributed by atoms with Crippen LogP contribution in [0.15, 0.2) is 36.4 Å². The van der Waals surface area contributed by atoms with Crippen LogP contribution in [-0.4, -0.2) is 17.0 Å². The van der Waals surface area contributed by atoms with Crippen molar-refractivity contribution in [1.29, 1.82) is 0 Å². The number of anilines is 1.